The number of hydrogen-bond acceptors (Lipinski definition) is 3. The summed E-state index contributed by atoms with van der Waals surface area (Å²) in [6.07, 6.45) is 7.15. The number of rotatable bonds is 4. The molecule has 1 amide bonds. The Labute approximate surface area is 122 Å². The van der Waals surface area contributed by atoms with E-state index in [1.165, 1.54) is 10.4 Å². The van der Waals surface area contributed by atoms with Gasteiger partial charge in [-0.25, -0.2) is 0 Å². The molecule has 1 aliphatic carbocycles. The highest BCUT2D eigenvalue weighted by Crippen LogP contribution is 2.38. The van der Waals surface area contributed by atoms with Crippen LogP contribution in [0.3, 0.4) is 0 Å². The Morgan fingerprint density at radius 1 is 1.40 bits per heavy atom. The lowest BCUT2D eigenvalue weighted by Gasteiger charge is -2.17. The van der Waals surface area contributed by atoms with Crippen LogP contribution in [0.25, 0.3) is 5.00 Å². The van der Waals surface area contributed by atoms with Gasteiger partial charge in [-0.15, -0.1) is 11.3 Å². The zero-order valence-electron chi connectivity index (χ0n) is 11.5. The number of fused-ring (bicyclic) bond motifs is 1. The molecular weight excluding hydrogens is 272 g/mol. The number of carbonyl (C=O) groups excluding carboxylic acids is 1. The minimum atomic E-state index is -0.00653. The zero-order valence-corrected chi connectivity index (χ0v) is 12.3. The van der Waals surface area contributed by atoms with Gasteiger partial charge in [-0.3, -0.25) is 4.79 Å². The van der Waals surface area contributed by atoms with E-state index in [0.29, 0.717) is 6.54 Å². The third-order valence-corrected chi connectivity index (χ3v) is 5.04. The van der Waals surface area contributed by atoms with Crippen molar-refractivity contribution in [1.29, 1.82) is 0 Å². The fraction of sp³-hybridized carbons (Fsp3) is 0.400. The SMILES string of the molecule is CN(CCO)C(=O)c1c(-n2cccc2)sc2c1CCC2. The average Bonchev–Trinajstić information content (AvgIpc) is 3.13. The summed E-state index contributed by atoms with van der Waals surface area (Å²) in [5, 5.41) is 10.0. The highest BCUT2D eigenvalue weighted by Gasteiger charge is 2.28. The van der Waals surface area contributed by atoms with Crippen LogP contribution in [0.1, 0.15) is 27.2 Å². The van der Waals surface area contributed by atoms with Gasteiger partial charge in [0.25, 0.3) is 5.91 Å². The van der Waals surface area contributed by atoms with Crippen molar-refractivity contribution in [1.82, 2.24) is 9.47 Å². The van der Waals surface area contributed by atoms with Gasteiger partial charge in [-0.2, -0.15) is 0 Å². The predicted molar refractivity (Wildman–Crippen MR) is 79.7 cm³/mol. The smallest absolute Gasteiger partial charge is 0.256 e. The van der Waals surface area contributed by atoms with Crippen molar-refractivity contribution in [2.75, 3.05) is 20.2 Å². The van der Waals surface area contributed by atoms with Gasteiger partial charge < -0.3 is 14.6 Å². The van der Waals surface area contributed by atoms with Gasteiger partial charge in [0, 0.05) is 30.9 Å². The number of amides is 1. The van der Waals surface area contributed by atoms with Crippen LogP contribution in [0.5, 0.6) is 0 Å². The highest BCUT2D eigenvalue weighted by molar-refractivity contribution is 7.15. The van der Waals surface area contributed by atoms with Crippen LogP contribution in [0.4, 0.5) is 0 Å². The number of aliphatic hydroxyl groups excluding tert-OH is 1. The molecule has 2 aromatic rings. The van der Waals surface area contributed by atoms with Gasteiger partial charge in [0.1, 0.15) is 5.00 Å². The number of aromatic nitrogens is 1. The van der Waals surface area contributed by atoms with Gasteiger partial charge in [0.2, 0.25) is 0 Å². The number of aliphatic hydroxyl groups is 1. The first-order valence-electron chi connectivity index (χ1n) is 6.86. The fourth-order valence-electron chi connectivity index (χ4n) is 2.70. The molecule has 0 saturated carbocycles. The summed E-state index contributed by atoms with van der Waals surface area (Å²) >= 11 is 1.72. The van der Waals surface area contributed by atoms with Crippen LogP contribution in [-0.2, 0) is 12.8 Å². The maximum absolute atomic E-state index is 12.7. The molecule has 0 unspecified atom stereocenters. The molecule has 3 rings (SSSR count). The average molecular weight is 290 g/mol. The number of hydrogen-bond donors (Lipinski definition) is 1. The van der Waals surface area contributed by atoms with E-state index in [1.807, 2.05) is 29.1 Å². The van der Waals surface area contributed by atoms with Gasteiger partial charge in [-0.1, -0.05) is 0 Å². The predicted octanol–water partition coefficient (Wildman–Crippen LogP) is 2.09. The Kier molecular flexibility index (Phi) is 3.63. The van der Waals surface area contributed by atoms with E-state index in [9.17, 15) is 4.79 Å². The quantitative estimate of drug-likeness (QED) is 0.937. The molecule has 0 radical (unpaired) electrons. The molecule has 1 aliphatic rings. The van der Waals surface area contributed by atoms with Crippen molar-refractivity contribution < 1.29 is 9.90 Å². The van der Waals surface area contributed by atoms with E-state index >= 15 is 0 Å². The second-order valence-electron chi connectivity index (χ2n) is 5.08. The largest absolute Gasteiger partial charge is 0.395 e. The summed E-state index contributed by atoms with van der Waals surface area (Å²) in [7, 11) is 1.75. The van der Waals surface area contributed by atoms with Crippen LogP contribution < -0.4 is 0 Å². The summed E-state index contributed by atoms with van der Waals surface area (Å²) in [6, 6.07) is 3.94. The van der Waals surface area contributed by atoms with E-state index < -0.39 is 0 Å². The van der Waals surface area contributed by atoms with E-state index in [4.69, 9.17) is 5.11 Å². The molecule has 0 aliphatic heterocycles. The molecule has 20 heavy (non-hydrogen) atoms. The Balaban J connectivity index is 2.06. The Morgan fingerprint density at radius 3 is 2.85 bits per heavy atom. The summed E-state index contributed by atoms with van der Waals surface area (Å²) in [5.41, 5.74) is 2.04. The fourth-order valence-corrected chi connectivity index (χ4v) is 4.05. The molecule has 2 aromatic heterocycles. The van der Waals surface area contributed by atoms with Gasteiger partial charge in [0.15, 0.2) is 0 Å². The van der Waals surface area contributed by atoms with Crippen LogP contribution >= 0.6 is 11.3 Å². The molecule has 0 fully saturated rings. The van der Waals surface area contributed by atoms with Crippen LogP contribution in [0, 0.1) is 0 Å². The van der Waals surface area contributed by atoms with E-state index in [-0.39, 0.29) is 12.5 Å². The number of nitrogens with zero attached hydrogens (tertiary/aromatic N) is 2. The van der Waals surface area contributed by atoms with Gasteiger partial charge in [0.05, 0.1) is 12.2 Å². The molecule has 4 nitrogen and oxygen atoms in total. The van der Waals surface area contributed by atoms with Crippen molar-refractivity contribution in [3.05, 3.63) is 40.5 Å². The first-order chi connectivity index (χ1) is 9.72. The topological polar surface area (TPSA) is 45.5 Å². The molecule has 5 heteroatoms. The molecule has 1 N–H and O–H groups in total. The van der Waals surface area contributed by atoms with E-state index in [0.717, 1.165) is 29.8 Å². The molecule has 0 aromatic carbocycles. The van der Waals surface area contributed by atoms with Crippen molar-refractivity contribution in [2.45, 2.75) is 19.3 Å². The molecule has 0 saturated heterocycles. The van der Waals surface area contributed by atoms with Crippen LogP contribution in [-0.4, -0.2) is 40.7 Å². The van der Waals surface area contributed by atoms with Crippen molar-refractivity contribution in [2.24, 2.45) is 0 Å². The third kappa shape index (κ3) is 2.17. The van der Waals surface area contributed by atoms with Gasteiger partial charge in [-0.05, 0) is 37.0 Å². The van der Waals surface area contributed by atoms with E-state index in [2.05, 4.69) is 0 Å². The first-order valence-corrected chi connectivity index (χ1v) is 7.68. The number of aryl methyl sites for hydroxylation is 1. The molecule has 0 atom stereocenters. The minimum absolute atomic E-state index is 0.00653. The Morgan fingerprint density at radius 2 is 2.15 bits per heavy atom. The first kappa shape index (κ1) is 13.4. The summed E-state index contributed by atoms with van der Waals surface area (Å²) in [5.74, 6) is 0.0159. The Bertz CT molecular complexity index is 616. The van der Waals surface area contributed by atoms with Crippen molar-refractivity contribution >= 4 is 17.2 Å². The lowest BCUT2D eigenvalue weighted by atomic mass is 10.1. The normalized spacial score (nSPS) is 13.5. The van der Waals surface area contributed by atoms with Crippen molar-refractivity contribution in [3.63, 3.8) is 0 Å². The number of carbonyl (C=O) groups is 1. The second-order valence-corrected chi connectivity index (χ2v) is 6.16. The number of thiophene rings is 1. The summed E-state index contributed by atoms with van der Waals surface area (Å²) in [4.78, 5) is 15.6. The standard InChI is InChI=1S/C15H18N2O2S/c1-16(9-10-18)14(19)13-11-5-4-6-12(11)20-15(13)17-7-2-3-8-17/h2-3,7-8,18H,4-6,9-10H2,1H3. The van der Waals surface area contributed by atoms with Gasteiger partial charge >= 0.3 is 0 Å². The molecule has 0 spiro atoms. The third-order valence-electron chi connectivity index (χ3n) is 3.74. The Hall–Kier alpha value is -1.59. The molecule has 106 valence electrons. The maximum Gasteiger partial charge on any atom is 0.256 e. The molecule has 2 heterocycles. The van der Waals surface area contributed by atoms with Crippen molar-refractivity contribution in [3.8, 4) is 5.00 Å². The van der Waals surface area contributed by atoms with Crippen LogP contribution in [0.2, 0.25) is 0 Å². The second kappa shape index (κ2) is 5.42. The highest BCUT2D eigenvalue weighted by atomic mass is 32.1. The molecule has 0 bridgehead atoms. The van der Waals surface area contributed by atoms with Crippen LogP contribution in [0.15, 0.2) is 24.5 Å². The summed E-state index contributed by atoms with van der Waals surface area (Å²) < 4.78 is 2.02. The lowest BCUT2D eigenvalue weighted by molar-refractivity contribution is 0.0766. The number of likely N-dealkylation sites (N-methyl/N-ethyl adjacent to an activating group) is 1. The summed E-state index contributed by atoms with van der Waals surface area (Å²) in [6.45, 7) is 0.363. The molecular formula is C15H18N2O2S. The maximum atomic E-state index is 12.7. The zero-order chi connectivity index (χ0) is 14.1. The lowest BCUT2D eigenvalue weighted by Crippen LogP contribution is -2.30. The van der Waals surface area contributed by atoms with E-state index in [1.54, 1.807) is 23.3 Å². The monoisotopic (exact) mass is 290 g/mol. The minimum Gasteiger partial charge on any atom is -0.395 e.